The van der Waals surface area contributed by atoms with Gasteiger partial charge in [0.1, 0.15) is 5.69 Å². The van der Waals surface area contributed by atoms with Crippen LogP contribution in [0.4, 0.5) is 5.69 Å². The van der Waals surface area contributed by atoms with Gasteiger partial charge in [-0.3, -0.25) is 9.78 Å². The first-order chi connectivity index (χ1) is 12.2. The number of carbonyl (C=O) groups is 1. The second kappa shape index (κ2) is 8.13. The average Bonchev–Trinajstić information content (AvgIpc) is 3.05. The van der Waals surface area contributed by atoms with Crippen molar-refractivity contribution in [2.75, 3.05) is 11.1 Å². The molecule has 3 aromatic rings. The van der Waals surface area contributed by atoms with Gasteiger partial charge < -0.3 is 9.88 Å². The SMILES string of the molecule is CCn1c(SCC(=O)Nc2ccccc2Cl)nnc1-c1ccccn1. The quantitative estimate of drug-likeness (QED) is 0.666. The van der Waals surface area contributed by atoms with Crippen LogP contribution in [0.2, 0.25) is 5.02 Å². The molecule has 0 atom stereocenters. The molecule has 25 heavy (non-hydrogen) atoms. The van der Waals surface area contributed by atoms with Gasteiger partial charge in [-0.05, 0) is 31.2 Å². The lowest BCUT2D eigenvalue weighted by Crippen LogP contribution is -2.15. The first-order valence-corrected chi connectivity index (χ1v) is 9.07. The third-order valence-electron chi connectivity index (χ3n) is 3.41. The molecular weight excluding hydrogens is 358 g/mol. The largest absolute Gasteiger partial charge is 0.324 e. The van der Waals surface area contributed by atoms with Crippen LogP contribution in [0.5, 0.6) is 0 Å². The number of pyridine rings is 1. The Kier molecular flexibility index (Phi) is 5.67. The molecule has 0 aliphatic carbocycles. The van der Waals surface area contributed by atoms with Crippen LogP contribution in [-0.2, 0) is 11.3 Å². The topological polar surface area (TPSA) is 72.7 Å². The highest BCUT2D eigenvalue weighted by Gasteiger charge is 2.15. The van der Waals surface area contributed by atoms with E-state index in [1.165, 1.54) is 11.8 Å². The Hall–Kier alpha value is -2.38. The van der Waals surface area contributed by atoms with Crippen LogP contribution in [0.25, 0.3) is 11.5 Å². The normalized spacial score (nSPS) is 10.6. The number of thioether (sulfide) groups is 1. The van der Waals surface area contributed by atoms with Crippen LogP contribution < -0.4 is 5.32 Å². The maximum Gasteiger partial charge on any atom is 0.234 e. The van der Waals surface area contributed by atoms with Gasteiger partial charge in [0.15, 0.2) is 11.0 Å². The Morgan fingerprint density at radius 1 is 1.20 bits per heavy atom. The molecule has 1 N–H and O–H groups in total. The molecule has 0 unspecified atom stereocenters. The monoisotopic (exact) mass is 373 g/mol. The minimum absolute atomic E-state index is 0.150. The molecule has 1 amide bonds. The summed E-state index contributed by atoms with van der Waals surface area (Å²) in [5.41, 5.74) is 1.35. The molecule has 0 saturated carbocycles. The molecule has 0 aliphatic heterocycles. The predicted molar refractivity (Wildman–Crippen MR) is 99.7 cm³/mol. The standard InChI is InChI=1S/C17H16ClN5OS/c1-2-23-16(14-9-5-6-10-19-14)21-22-17(23)25-11-15(24)20-13-8-4-3-7-12(13)18/h3-10H,2,11H2,1H3,(H,20,24). The number of carbonyl (C=O) groups excluding carboxylic acids is 1. The summed E-state index contributed by atoms with van der Waals surface area (Å²) in [6, 6.07) is 12.8. The fourth-order valence-corrected chi connectivity index (χ4v) is 3.23. The lowest BCUT2D eigenvalue weighted by atomic mass is 10.3. The van der Waals surface area contributed by atoms with E-state index in [4.69, 9.17) is 11.6 Å². The number of nitrogens with one attached hydrogen (secondary N) is 1. The Bertz CT molecular complexity index is 868. The molecule has 0 bridgehead atoms. The fourth-order valence-electron chi connectivity index (χ4n) is 2.24. The smallest absolute Gasteiger partial charge is 0.234 e. The van der Waals surface area contributed by atoms with E-state index >= 15 is 0 Å². The molecule has 8 heteroatoms. The minimum Gasteiger partial charge on any atom is -0.324 e. The van der Waals surface area contributed by atoms with Gasteiger partial charge in [-0.2, -0.15) is 0 Å². The van der Waals surface area contributed by atoms with Crippen molar-refractivity contribution in [3.8, 4) is 11.5 Å². The molecular formula is C17H16ClN5OS. The number of para-hydroxylation sites is 1. The number of hydrogen-bond acceptors (Lipinski definition) is 5. The maximum atomic E-state index is 12.2. The highest BCUT2D eigenvalue weighted by molar-refractivity contribution is 7.99. The molecule has 0 fully saturated rings. The van der Waals surface area contributed by atoms with Crippen molar-refractivity contribution in [3.05, 3.63) is 53.7 Å². The number of amides is 1. The number of rotatable bonds is 6. The molecule has 128 valence electrons. The zero-order chi connectivity index (χ0) is 17.6. The average molecular weight is 374 g/mol. The van der Waals surface area contributed by atoms with Crippen LogP contribution in [-0.4, -0.2) is 31.4 Å². The summed E-state index contributed by atoms with van der Waals surface area (Å²) >= 11 is 7.38. The van der Waals surface area contributed by atoms with Crippen molar-refractivity contribution in [1.82, 2.24) is 19.7 Å². The van der Waals surface area contributed by atoms with Gasteiger partial charge in [0.2, 0.25) is 5.91 Å². The summed E-state index contributed by atoms with van der Waals surface area (Å²) in [5.74, 6) is 0.756. The van der Waals surface area contributed by atoms with Crippen LogP contribution in [0.3, 0.4) is 0 Å². The van der Waals surface area contributed by atoms with Crippen LogP contribution in [0.15, 0.2) is 53.8 Å². The summed E-state index contributed by atoms with van der Waals surface area (Å²) in [7, 11) is 0. The predicted octanol–water partition coefficient (Wildman–Crippen LogP) is 3.74. The maximum absolute atomic E-state index is 12.2. The molecule has 0 spiro atoms. The van der Waals surface area contributed by atoms with Gasteiger partial charge in [-0.1, -0.05) is 41.6 Å². The molecule has 0 aliphatic rings. The lowest BCUT2D eigenvalue weighted by Gasteiger charge is -2.08. The van der Waals surface area contributed by atoms with Crippen molar-refractivity contribution in [2.24, 2.45) is 0 Å². The van der Waals surface area contributed by atoms with Crippen LogP contribution in [0, 0.1) is 0 Å². The van der Waals surface area contributed by atoms with Gasteiger partial charge in [0, 0.05) is 12.7 Å². The van der Waals surface area contributed by atoms with E-state index in [0.717, 1.165) is 5.69 Å². The third kappa shape index (κ3) is 4.18. The van der Waals surface area contributed by atoms with E-state index in [2.05, 4.69) is 20.5 Å². The Morgan fingerprint density at radius 2 is 2.00 bits per heavy atom. The van der Waals surface area contributed by atoms with Gasteiger partial charge in [0.05, 0.1) is 16.5 Å². The van der Waals surface area contributed by atoms with E-state index in [0.29, 0.717) is 28.2 Å². The summed E-state index contributed by atoms with van der Waals surface area (Å²) in [6.07, 6.45) is 1.72. The number of aromatic nitrogens is 4. The van der Waals surface area contributed by atoms with E-state index < -0.39 is 0 Å². The van der Waals surface area contributed by atoms with E-state index in [1.54, 1.807) is 18.3 Å². The lowest BCUT2D eigenvalue weighted by molar-refractivity contribution is -0.113. The number of anilines is 1. The van der Waals surface area contributed by atoms with Gasteiger partial charge in [0.25, 0.3) is 0 Å². The summed E-state index contributed by atoms with van der Waals surface area (Å²) in [4.78, 5) is 16.5. The second-order valence-corrected chi connectivity index (χ2v) is 6.43. The van der Waals surface area contributed by atoms with Crippen molar-refractivity contribution in [1.29, 1.82) is 0 Å². The summed E-state index contributed by atoms with van der Waals surface area (Å²) in [6.45, 7) is 2.69. The van der Waals surface area contributed by atoms with Gasteiger partial charge in [-0.25, -0.2) is 0 Å². The zero-order valence-electron chi connectivity index (χ0n) is 13.5. The second-order valence-electron chi connectivity index (χ2n) is 5.08. The zero-order valence-corrected chi connectivity index (χ0v) is 15.1. The molecule has 0 radical (unpaired) electrons. The van der Waals surface area contributed by atoms with Gasteiger partial charge >= 0.3 is 0 Å². The molecule has 1 aromatic carbocycles. The van der Waals surface area contributed by atoms with Gasteiger partial charge in [-0.15, -0.1) is 10.2 Å². The van der Waals surface area contributed by atoms with Crippen LogP contribution in [0.1, 0.15) is 6.92 Å². The van der Waals surface area contributed by atoms with Crippen molar-refractivity contribution in [2.45, 2.75) is 18.6 Å². The highest BCUT2D eigenvalue weighted by atomic mass is 35.5. The molecule has 2 heterocycles. The Morgan fingerprint density at radius 3 is 2.72 bits per heavy atom. The molecule has 3 rings (SSSR count). The van der Waals surface area contributed by atoms with Crippen molar-refractivity contribution in [3.63, 3.8) is 0 Å². The first kappa shape index (κ1) is 17.4. The number of hydrogen-bond donors (Lipinski definition) is 1. The molecule has 6 nitrogen and oxygen atoms in total. The third-order valence-corrected chi connectivity index (χ3v) is 4.70. The molecule has 0 saturated heterocycles. The van der Waals surface area contributed by atoms with Crippen molar-refractivity contribution < 1.29 is 4.79 Å². The number of halogens is 1. The fraction of sp³-hybridized carbons (Fsp3) is 0.176. The van der Waals surface area contributed by atoms with E-state index in [9.17, 15) is 4.79 Å². The summed E-state index contributed by atoms with van der Waals surface area (Å²) in [5, 5.41) is 12.4. The number of benzene rings is 1. The number of nitrogens with zero attached hydrogens (tertiary/aromatic N) is 4. The highest BCUT2D eigenvalue weighted by Crippen LogP contribution is 2.24. The van der Waals surface area contributed by atoms with E-state index in [-0.39, 0.29) is 11.7 Å². The minimum atomic E-state index is -0.150. The Balaban J connectivity index is 1.68. The first-order valence-electron chi connectivity index (χ1n) is 7.71. The van der Waals surface area contributed by atoms with E-state index in [1.807, 2.05) is 41.8 Å². The van der Waals surface area contributed by atoms with Crippen molar-refractivity contribution >= 4 is 35.0 Å². The molecule has 2 aromatic heterocycles. The summed E-state index contributed by atoms with van der Waals surface area (Å²) < 4.78 is 1.94. The van der Waals surface area contributed by atoms with Crippen LogP contribution >= 0.6 is 23.4 Å². The Labute approximate surface area is 154 Å².